The van der Waals surface area contributed by atoms with Crippen molar-refractivity contribution in [1.82, 2.24) is 9.29 Å². The van der Waals surface area contributed by atoms with E-state index in [1.165, 1.54) is 4.31 Å². The van der Waals surface area contributed by atoms with Crippen molar-refractivity contribution in [2.75, 3.05) is 7.05 Å². The Hall–Kier alpha value is -0.760. The normalized spacial score (nSPS) is 11.8. The van der Waals surface area contributed by atoms with Crippen LogP contribution in [0, 0.1) is 0 Å². The van der Waals surface area contributed by atoms with Gasteiger partial charge in [-0.05, 0) is 46.3 Å². The summed E-state index contributed by atoms with van der Waals surface area (Å²) in [6, 6.07) is 10.4. The van der Waals surface area contributed by atoms with Crippen molar-refractivity contribution in [3.63, 3.8) is 0 Å². The molecule has 106 valence electrons. The molecule has 0 amide bonds. The number of rotatable bonds is 4. The molecule has 0 atom stereocenters. The van der Waals surface area contributed by atoms with Crippen molar-refractivity contribution in [3.8, 4) is 0 Å². The second-order valence-corrected chi connectivity index (χ2v) is 7.94. The molecular weight excluding hydrogens is 408 g/mol. The minimum atomic E-state index is -3.56. The monoisotopic (exact) mass is 418 g/mol. The number of hydrogen-bond acceptors (Lipinski definition) is 3. The number of hydrogen-bond donors (Lipinski definition) is 0. The summed E-state index contributed by atoms with van der Waals surface area (Å²) >= 11 is 6.59. The summed E-state index contributed by atoms with van der Waals surface area (Å²) in [6.45, 7) is 0.228. The minimum Gasteiger partial charge on any atom is -0.260 e. The summed E-state index contributed by atoms with van der Waals surface area (Å²) in [5.74, 6) is 0. The highest BCUT2D eigenvalue weighted by molar-refractivity contribution is 9.11. The zero-order valence-corrected chi connectivity index (χ0v) is 14.6. The molecule has 0 spiro atoms. The van der Waals surface area contributed by atoms with Crippen molar-refractivity contribution < 1.29 is 8.42 Å². The summed E-state index contributed by atoms with van der Waals surface area (Å²) in [5.41, 5.74) is 0.701. The fourth-order valence-corrected chi connectivity index (χ4v) is 4.50. The van der Waals surface area contributed by atoms with Crippen LogP contribution in [0.4, 0.5) is 0 Å². The van der Waals surface area contributed by atoms with Crippen LogP contribution in [0.1, 0.15) is 5.69 Å². The van der Waals surface area contributed by atoms with Gasteiger partial charge in [0, 0.05) is 22.2 Å². The van der Waals surface area contributed by atoms with Crippen LogP contribution in [0.25, 0.3) is 0 Å². The lowest BCUT2D eigenvalue weighted by Crippen LogP contribution is -2.27. The number of sulfonamides is 1. The van der Waals surface area contributed by atoms with Gasteiger partial charge in [0.1, 0.15) is 0 Å². The maximum absolute atomic E-state index is 12.5. The molecule has 0 aliphatic carbocycles. The SMILES string of the molecule is CN(Cc1ccccn1)S(=O)(=O)c1ccc(Br)cc1Br. The van der Waals surface area contributed by atoms with Gasteiger partial charge in [0.2, 0.25) is 10.0 Å². The van der Waals surface area contributed by atoms with Crippen molar-refractivity contribution >= 4 is 41.9 Å². The maximum Gasteiger partial charge on any atom is 0.244 e. The Bertz CT molecular complexity index is 706. The average Bonchev–Trinajstić information content (AvgIpc) is 2.39. The van der Waals surface area contributed by atoms with Crippen molar-refractivity contribution in [2.24, 2.45) is 0 Å². The molecule has 0 radical (unpaired) electrons. The lowest BCUT2D eigenvalue weighted by Gasteiger charge is -2.17. The van der Waals surface area contributed by atoms with E-state index >= 15 is 0 Å². The van der Waals surface area contributed by atoms with Gasteiger partial charge in [-0.1, -0.05) is 22.0 Å². The van der Waals surface area contributed by atoms with E-state index in [0.717, 1.165) is 4.47 Å². The Labute approximate surface area is 135 Å². The third-order valence-corrected chi connectivity index (χ3v) is 5.97. The highest BCUT2D eigenvalue weighted by atomic mass is 79.9. The van der Waals surface area contributed by atoms with Crippen LogP contribution in [0.2, 0.25) is 0 Å². The Morgan fingerprint density at radius 3 is 2.55 bits per heavy atom. The predicted octanol–water partition coefficient (Wildman–Crippen LogP) is 3.43. The molecule has 0 aliphatic rings. The first-order valence-electron chi connectivity index (χ1n) is 5.72. The molecular formula is C13H12Br2N2O2S. The maximum atomic E-state index is 12.5. The number of benzene rings is 1. The van der Waals surface area contributed by atoms with Crippen LogP contribution in [0.5, 0.6) is 0 Å². The lowest BCUT2D eigenvalue weighted by atomic mass is 10.3. The van der Waals surface area contributed by atoms with Gasteiger partial charge in [0.05, 0.1) is 17.1 Å². The van der Waals surface area contributed by atoms with Gasteiger partial charge in [-0.3, -0.25) is 4.98 Å². The molecule has 1 aromatic carbocycles. The smallest absolute Gasteiger partial charge is 0.244 e. The van der Waals surface area contributed by atoms with Crippen LogP contribution in [-0.4, -0.2) is 24.8 Å². The van der Waals surface area contributed by atoms with E-state index in [-0.39, 0.29) is 11.4 Å². The Kier molecular flexibility index (Phi) is 4.95. The van der Waals surface area contributed by atoms with E-state index in [1.807, 2.05) is 6.07 Å². The van der Waals surface area contributed by atoms with Crippen LogP contribution in [0.3, 0.4) is 0 Å². The topological polar surface area (TPSA) is 50.3 Å². The molecule has 0 saturated heterocycles. The quantitative estimate of drug-likeness (QED) is 0.762. The van der Waals surface area contributed by atoms with E-state index in [0.29, 0.717) is 10.2 Å². The summed E-state index contributed by atoms with van der Waals surface area (Å²) in [7, 11) is -2.02. The van der Waals surface area contributed by atoms with Gasteiger partial charge in [-0.15, -0.1) is 0 Å². The first kappa shape index (κ1) is 15.6. The minimum absolute atomic E-state index is 0.228. The summed E-state index contributed by atoms with van der Waals surface area (Å²) in [4.78, 5) is 4.37. The van der Waals surface area contributed by atoms with Gasteiger partial charge in [0.15, 0.2) is 0 Å². The van der Waals surface area contributed by atoms with E-state index < -0.39 is 10.0 Å². The van der Waals surface area contributed by atoms with E-state index in [9.17, 15) is 8.42 Å². The molecule has 0 aliphatic heterocycles. The molecule has 1 aromatic heterocycles. The highest BCUT2D eigenvalue weighted by Gasteiger charge is 2.23. The molecule has 0 unspecified atom stereocenters. The van der Waals surface area contributed by atoms with E-state index in [2.05, 4.69) is 36.8 Å². The van der Waals surface area contributed by atoms with Crippen LogP contribution < -0.4 is 0 Å². The second kappa shape index (κ2) is 6.34. The number of pyridine rings is 1. The number of halogens is 2. The average molecular weight is 420 g/mol. The molecule has 1 heterocycles. The molecule has 4 nitrogen and oxygen atoms in total. The number of aromatic nitrogens is 1. The van der Waals surface area contributed by atoms with Gasteiger partial charge < -0.3 is 0 Å². The standard InChI is InChI=1S/C13H12Br2N2O2S/c1-17(9-11-4-2-3-7-16-11)20(18,19)13-6-5-10(14)8-12(13)15/h2-8H,9H2,1H3. The van der Waals surface area contributed by atoms with Crippen LogP contribution in [-0.2, 0) is 16.6 Å². The van der Waals surface area contributed by atoms with Crippen molar-refractivity contribution in [1.29, 1.82) is 0 Å². The van der Waals surface area contributed by atoms with Crippen molar-refractivity contribution in [3.05, 3.63) is 57.2 Å². The number of nitrogens with zero attached hydrogens (tertiary/aromatic N) is 2. The molecule has 0 fully saturated rings. The molecule has 2 rings (SSSR count). The predicted molar refractivity (Wildman–Crippen MR) is 84.7 cm³/mol. The Morgan fingerprint density at radius 2 is 1.95 bits per heavy atom. The van der Waals surface area contributed by atoms with E-state index in [1.54, 1.807) is 43.6 Å². The van der Waals surface area contributed by atoms with Gasteiger partial charge in [-0.25, -0.2) is 8.42 Å². The zero-order chi connectivity index (χ0) is 14.8. The Balaban J connectivity index is 2.30. The summed E-state index contributed by atoms with van der Waals surface area (Å²) < 4.78 is 27.7. The third kappa shape index (κ3) is 3.46. The first-order valence-corrected chi connectivity index (χ1v) is 8.75. The largest absolute Gasteiger partial charge is 0.260 e. The van der Waals surface area contributed by atoms with Gasteiger partial charge in [-0.2, -0.15) is 4.31 Å². The Morgan fingerprint density at radius 1 is 1.20 bits per heavy atom. The summed E-state index contributed by atoms with van der Waals surface area (Å²) in [5, 5.41) is 0. The first-order chi connectivity index (χ1) is 9.41. The highest BCUT2D eigenvalue weighted by Crippen LogP contribution is 2.28. The second-order valence-electron chi connectivity index (χ2n) is 4.16. The molecule has 2 aromatic rings. The molecule has 20 heavy (non-hydrogen) atoms. The summed E-state index contributed by atoms with van der Waals surface area (Å²) in [6.07, 6.45) is 1.64. The fourth-order valence-electron chi connectivity index (χ4n) is 1.66. The lowest BCUT2D eigenvalue weighted by molar-refractivity contribution is 0.462. The van der Waals surface area contributed by atoms with Gasteiger partial charge in [0.25, 0.3) is 0 Å². The van der Waals surface area contributed by atoms with Crippen LogP contribution >= 0.6 is 31.9 Å². The molecule has 0 N–H and O–H groups in total. The van der Waals surface area contributed by atoms with Gasteiger partial charge >= 0.3 is 0 Å². The third-order valence-electron chi connectivity index (χ3n) is 2.69. The molecule has 7 heteroatoms. The van der Waals surface area contributed by atoms with Crippen LogP contribution in [0.15, 0.2) is 56.4 Å². The molecule has 0 bridgehead atoms. The molecule has 0 saturated carbocycles. The fraction of sp³-hybridized carbons (Fsp3) is 0.154. The van der Waals surface area contributed by atoms with E-state index in [4.69, 9.17) is 0 Å². The zero-order valence-electron chi connectivity index (χ0n) is 10.6. The van der Waals surface area contributed by atoms with Crippen molar-refractivity contribution in [2.45, 2.75) is 11.4 Å².